The molecule has 0 aliphatic carbocycles. The fourth-order valence-corrected chi connectivity index (χ4v) is 4.58. The molecule has 1 aromatic rings. The van der Waals surface area contributed by atoms with E-state index in [-0.39, 0.29) is 24.3 Å². The van der Waals surface area contributed by atoms with Crippen LogP contribution >= 0.6 is 0 Å². The zero-order chi connectivity index (χ0) is 19.7. The average molecular weight is 385 g/mol. The molecular weight excluding hydrogens is 358 g/mol. The fraction of sp³-hybridized carbons (Fsp3) is 0.571. The van der Waals surface area contributed by atoms with Gasteiger partial charge < -0.3 is 14.5 Å². The van der Waals surface area contributed by atoms with E-state index in [9.17, 15) is 14.4 Å². The van der Waals surface area contributed by atoms with E-state index in [1.54, 1.807) is 36.3 Å². The van der Waals surface area contributed by atoms with Gasteiger partial charge in [0.2, 0.25) is 5.91 Å². The normalized spacial score (nSPS) is 22.0. The molecule has 150 valence electrons. The van der Waals surface area contributed by atoms with E-state index < -0.39 is 0 Å². The number of methoxy groups -OCH3 is 1. The van der Waals surface area contributed by atoms with Crippen molar-refractivity contribution in [3.63, 3.8) is 0 Å². The molecule has 0 aromatic heterocycles. The number of rotatable bonds is 4. The number of hydrogen-bond donors (Lipinski definition) is 0. The number of nitrogens with zero attached hydrogens (tertiary/aromatic N) is 3. The monoisotopic (exact) mass is 385 g/mol. The number of ether oxygens (including phenoxy) is 1. The summed E-state index contributed by atoms with van der Waals surface area (Å²) < 4.78 is 5.44. The highest BCUT2D eigenvalue weighted by molar-refractivity contribution is 6.22. The molecule has 0 bridgehead atoms. The summed E-state index contributed by atoms with van der Waals surface area (Å²) in [5.74, 6) is -0.888. The van der Waals surface area contributed by atoms with Crippen molar-refractivity contribution in [2.45, 2.75) is 37.8 Å². The molecule has 0 unspecified atom stereocenters. The molecule has 3 amide bonds. The fourth-order valence-electron chi connectivity index (χ4n) is 4.58. The summed E-state index contributed by atoms with van der Waals surface area (Å²) in [6.07, 6.45) is 4.37. The van der Waals surface area contributed by atoms with E-state index in [4.69, 9.17) is 4.74 Å². The molecule has 7 nitrogen and oxygen atoms in total. The number of likely N-dealkylation sites (tertiary alicyclic amines) is 2. The first-order valence-corrected chi connectivity index (χ1v) is 10.1. The third kappa shape index (κ3) is 3.56. The van der Waals surface area contributed by atoms with Gasteiger partial charge in [0.25, 0.3) is 11.8 Å². The average Bonchev–Trinajstić information content (AvgIpc) is 2.99. The molecule has 0 N–H and O–H groups in total. The maximum Gasteiger partial charge on any atom is 0.262 e. The van der Waals surface area contributed by atoms with Crippen LogP contribution in [-0.4, -0.2) is 84.4 Å². The third-order valence-corrected chi connectivity index (χ3v) is 6.32. The Bertz CT molecular complexity index is 730. The first-order valence-electron chi connectivity index (χ1n) is 10.1. The van der Waals surface area contributed by atoms with Gasteiger partial charge in [0, 0.05) is 39.3 Å². The Kier molecular flexibility index (Phi) is 5.46. The van der Waals surface area contributed by atoms with Gasteiger partial charge in [0.05, 0.1) is 17.2 Å². The highest BCUT2D eigenvalue weighted by Gasteiger charge is 2.38. The van der Waals surface area contributed by atoms with E-state index in [2.05, 4.69) is 4.90 Å². The molecule has 2 saturated heterocycles. The van der Waals surface area contributed by atoms with Gasteiger partial charge in [-0.2, -0.15) is 0 Å². The number of carbonyl (C=O) groups is 3. The molecule has 3 aliphatic rings. The summed E-state index contributed by atoms with van der Waals surface area (Å²) in [7, 11) is 1.78. The van der Waals surface area contributed by atoms with E-state index in [1.165, 1.54) is 0 Å². The molecule has 2 fully saturated rings. The Balaban J connectivity index is 1.29. The Morgan fingerprint density at radius 3 is 2.07 bits per heavy atom. The summed E-state index contributed by atoms with van der Waals surface area (Å²) in [5, 5.41) is 0. The second kappa shape index (κ2) is 8.01. The van der Waals surface area contributed by atoms with Gasteiger partial charge in [-0.05, 0) is 37.8 Å². The van der Waals surface area contributed by atoms with Gasteiger partial charge >= 0.3 is 0 Å². The van der Waals surface area contributed by atoms with Crippen LogP contribution in [0.2, 0.25) is 0 Å². The maximum atomic E-state index is 12.7. The van der Waals surface area contributed by atoms with Crippen LogP contribution in [0.1, 0.15) is 46.4 Å². The summed E-state index contributed by atoms with van der Waals surface area (Å²) >= 11 is 0. The molecule has 3 aliphatic heterocycles. The molecule has 7 heteroatoms. The molecule has 1 aromatic carbocycles. The number of piperidine rings is 2. The van der Waals surface area contributed by atoms with Gasteiger partial charge in [-0.1, -0.05) is 12.1 Å². The first kappa shape index (κ1) is 19.1. The first-order chi connectivity index (χ1) is 13.6. The second-order valence-electron chi connectivity index (χ2n) is 7.83. The van der Waals surface area contributed by atoms with Gasteiger partial charge in [-0.3, -0.25) is 19.3 Å². The maximum absolute atomic E-state index is 12.7. The van der Waals surface area contributed by atoms with Crippen LogP contribution in [0, 0.1) is 0 Å². The summed E-state index contributed by atoms with van der Waals surface area (Å²) in [4.78, 5) is 43.0. The lowest BCUT2D eigenvalue weighted by molar-refractivity contribution is -0.133. The summed E-state index contributed by atoms with van der Waals surface area (Å²) in [6, 6.07) is 7.24. The molecule has 4 rings (SSSR count). The smallest absolute Gasteiger partial charge is 0.262 e. The molecular formula is C21H27N3O4. The van der Waals surface area contributed by atoms with Gasteiger partial charge in [-0.25, -0.2) is 0 Å². The van der Waals surface area contributed by atoms with Crippen LogP contribution in [-0.2, 0) is 9.53 Å². The Morgan fingerprint density at radius 2 is 1.54 bits per heavy atom. The van der Waals surface area contributed by atoms with Crippen LogP contribution in [0.25, 0.3) is 0 Å². The predicted octanol–water partition coefficient (Wildman–Crippen LogP) is 1.38. The molecule has 0 radical (unpaired) electrons. The van der Waals surface area contributed by atoms with Crippen molar-refractivity contribution in [2.75, 3.05) is 39.8 Å². The minimum Gasteiger partial charge on any atom is -0.381 e. The Morgan fingerprint density at radius 1 is 0.964 bits per heavy atom. The molecule has 3 heterocycles. The largest absolute Gasteiger partial charge is 0.381 e. The highest BCUT2D eigenvalue weighted by atomic mass is 16.5. The predicted molar refractivity (Wildman–Crippen MR) is 103 cm³/mol. The number of carbonyl (C=O) groups excluding carboxylic acids is 3. The van der Waals surface area contributed by atoms with Crippen molar-refractivity contribution in [1.82, 2.24) is 14.7 Å². The number of benzene rings is 1. The van der Waals surface area contributed by atoms with Gasteiger partial charge in [-0.15, -0.1) is 0 Å². The van der Waals surface area contributed by atoms with Crippen LogP contribution in [0.3, 0.4) is 0 Å². The molecule has 28 heavy (non-hydrogen) atoms. The SMILES string of the molecule is COC1CCN(C2CCN(C(=O)CN3C(=O)c4ccccc4C3=O)CC2)CC1. The van der Waals surface area contributed by atoms with E-state index in [0.29, 0.717) is 36.4 Å². The zero-order valence-corrected chi connectivity index (χ0v) is 16.3. The van der Waals surface area contributed by atoms with Gasteiger partial charge in [0.1, 0.15) is 6.54 Å². The Labute approximate surface area is 165 Å². The lowest BCUT2D eigenvalue weighted by atomic mass is 9.99. The van der Waals surface area contributed by atoms with Crippen LogP contribution in [0.15, 0.2) is 24.3 Å². The van der Waals surface area contributed by atoms with E-state index in [1.807, 2.05) is 0 Å². The van der Waals surface area contributed by atoms with Crippen molar-refractivity contribution < 1.29 is 19.1 Å². The topological polar surface area (TPSA) is 70.2 Å². The second-order valence-corrected chi connectivity index (χ2v) is 7.83. The lowest BCUT2D eigenvalue weighted by Gasteiger charge is -2.41. The standard InChI is InChI=1S/C21H27N3O4/c1-28-16-8-12-22(13-9-16)15-6-10-23(11-7-15)19(25)14-24-20(26)17-4-2-3-5-18(17)21(24)27/h2-5,15-16H,6-14H2,1H3. The van der Waals surface area contributed by atoms with Crippen molar-refractivity contribution >= 4 is 17.7 Å². The number of hydrogen-bond acceptors (Lipinski definition) is 5. The minimum atomic E-state index is -0.371. The van der Waals surface area contributed by atoms with Crippen molar-refractivity contribution in [2.24, 2.45) is 0 Å². The summed E-state index contributed by atoms with van der Waals surface area (Å²) in [6.45, 7) is 3.28. The van der Waals surface area contributed by atoms with Crippen LogP contribution < -0.4 is 0 Å². The van der Waals surface area contributed by atoms with Crippen molar-refractivity contribution in [1.29, 1.82) is 0 Å². The number of amides is 3. The van der Waals surface area contributed by atoms with Crippen LogP contribution in [0.4, 0.5) is 0 Å². The molecule has 0 spiro atoms. The lowest BCUT2D eigenvalue weighted by Crippen LogP contribution is -2.51. The molecule has 0 atom stereocenters. The number of imide groups is 1. The number of fused-ring (bicyclic) bond motifs is 1. The third-order valence-electron chi connectivity index (χ3n) is 6.32. The summed E-state index contributed by atoms with van der Waals surface area (Å²) in [5.41, 5.74) is 0.775. The minimum absolute atomic E-state index is 0.147. The van der Waals surface area contributed by atoms with E-state index >= 15 is 0 Å². The van der Waals surface area contributed by atoms with Crippen molar-refractivity contribution in [3.8, 4) is 0 Å². The molecule has 0 saturated carbocycles. The van der Waals surface area contributed by atoms with Crippen LogP contribution in [0.5, 0.6) is 0 Å². The van der Waals surface area contributed by atoms with E-state index in [0.717, 1.165) is 43.7 Å². The van der Waals surface area contributed by atoms with Crippen molar-refractivity contribution in [3.05, 3.63) is 35.4 Å². The Hall–Kier alpha value is -2.25. The zero-order valence-electron chi connectivity index (χ0n) is 16.3. The van der Waals surface area contributed by atoms with Gasteiger partial charge in [0.15, 0.2) is 0 Å². The quantitative estimate of drug-likeness (QED) is 0.733. The highest BCUT2D eigenvalue weighted by Crippen LogP contribution is 2.24.